The van der Waals surface area contributed by atoms with Gasteiger partial charge in [0.1, 0.15) is 0 Å². The number of anilines is 1. The fraction of sp³-hybridized carbons (Fsp3) is 0.409. The van der Waals surface area contributed by atoms with Gasteiger partial charge in [0.15, 0.2) is 0 Å². The molecular weight excluding hydrogens is 386 g/mol. The van der Waals surface area contributed by atoms with Crippen molar-refractivity contribution in [3.63, 3.8) is 0 Å². The van der Waals surface area contributed by atoms with Crippen LogP contribution in [0.1, 0.15) is 59.8 Å². The number of amides is 2. The summed E-state index contributed by atoms with van der Waals surface area (Å²) in [5.41, 5.74) is 5.83. The quantitative estimate of drug-likeness (QED) is 0.597. The maximum Gasteiger partial charge on any atom is 0.274 e. The van der Waals surface area contributed by atoms with E-state index in [-0.39, 0.29) is 24.8 Å². The van der Waals surface area contributed by atoms with E-state index in [2.05, 4.69) is 18.8 Å². The molecule has 2 aromatic rings. The molecule has 1 aliphatic carbocycles. The summed E-state index contributed by atoms with van der Waals surface area (Å²) >= 11 is 0. The first-order valence-corrected chi connectivity index (χ1v) is 9.78. The molecule has 1 spiro atoms. The van der Waals surface area contributed by atoms with Crippen molar-refractivity contribution in [3.8, 4) is 0 Å². The first-order chi connectivity index (χ1) is 13.4. The highest BCUT2D eigenvalue weighted by Gasteiger charge is 2.48. The molecule has 0 unspecified atom stereocenters. The number of carbonyl (C=O) groups excluding carboxylic acids is 2. The minimum atomic E-state index is -0.511. The highest BCUT2D eigenvalue weighted by molar-refractivity contribution is 7.59. The minimum Gasteiger partial charge on any atom is -0.310 e. The minimum absolute atomic E-state index is 0. The third kappa shape index (κ3) is 3.76. The zero-order valence-electron chi connectivity index (χ0n) is 16.7. The van der Waals surface area contributed by atoms with Crippen LogP contribution in [0.15, 0.2) is 36.5 Å². The summed E-state index contributed by atoms with van der Waals surface area (Å²) < 4.78 is 0. The number of rotatable bonds is 3. The Labute approximate surface area is 177 Å². The maximum atomic E-state index is 13.3. The van der Waals surface area contributed by atoms with Gasteiger partial charge in [-0.25, -0.2) is 5.48 Å². The van der Waals surface area contributed by atoms with Crippen LogP contribution in [0.3, 0.4) is 0 Å². The van der Waals surface area contributed by atoms with Crippen LogP contribution in [0.25, 0.3) is 0 Å². The lowest BCUT2D eigenvalue weighted by Crippen LogP contribution is -2.39. The summed E-state index contributed by atoms with van der Waals surface area (Å²) in [6.45, 7) is 4.92. The van der Waals surface area contributed by atoms with E-state index in [4.69, 9.17) is 5.21 Å². The summed E-state index contributed by atoms with van der Waals surface area (Å²) in [5.74, 6) is 0.0281. The second kappa shape index (κ2) is 8.16. The van der Waals surface area contributed by atoms with E-state index in [1.165, 1.54) is 0 Å². The number of hydrogen-bond acceptors (Lipinski definition) is 4. The molecule has 7 heteroatoms. The number of aromatic nitrogens is 1. The Bertz CT molecular complexity index is 929. The van der Waals surface area contributed by atoms with Crippen molar-refractivity contribution in [1.29, 1.82) is 0 Å². The molecule has 0 radical (unpaired) electrons. The highest BCUT2D eigenvalue weighted by Crippen LogP contribution is 2.45. The topological polar surface area (TPSA) is 82.5 Å². The van der Waals surface area contributed by atoms with Gasteiger partial charge >= 0.3 is 0 Å². The molecule has 1 fully saturated rings. The Morgan fingerprint density at radius 2 is 2.00 bits per heavy atom. The first kappa shape index (κ1) is 21.3. The number of aryl methyl sites for hydroxylation is 1. The summed E-state index contributed by atoms with van der Waals surface area (Å²) in [6, 6.07) is 9.43. The van der Waals surface area contributed by atoms with Crippen molar-refractivity contribution in [1.82, 2.24) is 10.5 Å². The van der Waals surface area contributed by atoms with E-state index >= 15 is 0 Å². The summed E-state index contributed by atoms with van der Waals surface area (Å²) in [6.07, 6.45) is 4.86. The molecule has 0 saturated carbocycles. The lowest BCUT2D eigenvalue weighted by Gasteiger charge is -2.33. The third-order valence-corrected chi connectivity index (χ3v) is 6.16. The smallest absolute Gasteiger partial charge is 0.274 e. The van der Waals surface area contributed by atoms with Crippen LogP contribution in [0.5, 0.6) is 0 Å². The van der Waals surface area contributed by atoms with Gasteiger partial charge in [0.2, 0.25) is 5.91 Å². The molecule has 1 aliphatic heterocycles. The van der Waals surface area contributed by atoms with Gasteiger partial charge in [-0.05, 0) is 67.0 Å². The number of hydroxylamine groups is 1. The van der Waals surface area contributed by atoms with Crippen LogP contribution in [0.4, 0.5) is 5.69 Å². The van der Waals surface area contributed by atoms with Crippen LogP contribution in [-0.2, 0) is 17.6 Å². The van der Waals surface area contributed by atoms with Crippen LogP contribution in [0.2, 0.25) is 0 Å². The first-order valence-electron chi connectivity index (χ1n) is 9.78. The number of hydrogen-bond donors (Lipinski definition) is 2. The second-order valence-corrected chi connectivity index (χ2v) is 8.18. The van der Waals surface area contributed by atoms with Gasteiger partial charge < -0.3 is 4.90 Å². The fourth-order valence-corrected chi connectivity index (χ4v) is 4.43. The maximum absolute atomic E-state index is 13.3. The standard InChI is InChI=1S/C22H25N3O3.H2S/c1-14(2)19-6-5-18(13-23-19)25-10-9-22(21(25)27)8-7-15-11-16(20(26)24-28)3-4-17(15)12-22;/h3-6,11,13-14,28H,7-10,12H2,1-2H3,(H,24,26);1H2/t22-;/m1./s1. The predicted molar refractivity (Wildman–Crippen MR) is 116 cm³/mol. The second-order valence-electron chi connectivity index (χ2n) is 8.18. The number of pyridine rings is 1. The van der Waals surface area contributed by atoms with Crippen molar-refractivity contribution in [3.05, 3.63) is 58.9 Å². The van der Waals surface area contributed by atoms with E-state index in [1.54, 1.807) is 11.5 Å². The summed E-state index contributed by atoms with van der Waals surface area (Å²) in [7, 11) is 0. The molecule has 2 aliphatic rings. The van der Waals surface area contributed by atoms with E-state index < -0.39 is 5.91 Å². The number of carbonyl (C=O) groups is 2. The van der Waals surface area contributed by atoms with Gasteiger partial charge in [-0.3, -0.25) is 19.8 Å². The molecule has 2 amide bonds. The number of nitrogens with one attached hydrogen (secondary N) is 1. The largest absolute Gasteiger partial charge is 0.310 e. The molecule has 2 N–H and O–H groups in total. The van der Waals surface area contributed by atoms with Crippen LogP contribution in [0, 0.1) is 5.41 Å². The third-order valence-electron chi connectivity index (χ3n) is 6.16. The molecule has 1 atom stereocenters. The molecule has 1 aromatic carbocycles. The van der Waals surface area contributed by atoms with Crippen LogP contribution in [-0.4, -0.2) is 28.6 Å². The SMILES string of the molecule is CC(C)c1ccc(N2CC[C@@]3(CCc4cc(C(=O)NO)ccc4C3)C2=O)cn1.S. The van der Waals surface area contributed by atoms with Gasteiger partial charge in [-0.1, -0.05) is 19.9 Å². The normalized spacial score (nSPS) is 20.6. The molecule has 1 saturated heterocycles. The Balaban J connectivity index is 0.00000240. The molecule has 1 aromatic heterocycles. The molecule has 154 valence electrons. The van der Waals surface area contributed by atoms with Crippen molar-refractivity contribution in [2.24, 2.45) is 5.41 Å². The van der Waals surface area contributed by atoms with Crippen LogP contribution >= 0.6 is 13.5 Å². The average molecular weight is 414 g/mol. The molecule has 6 nitrogen and oxygen atoms in total. The van der Waals surface area contributed by atoms with Crippen molar-refractivity contribution >= 4 is 31.0 Å². The van der Waals surface area contributed by atoms with Gasteiger partial charge in [0.05, 0.1) is 17.3 Å². The molecule has 0 bridgehead atoms. The Morgan fingerprint density at radius 3 is 2.66 bits per heavy atom. The Morgan fingerprint density at radius 1 is 1.21 bits per heavy atom. The lowest BCUT2D eigenvalue weighted by molar-refractivity contribution is -0.126. The Kier molecular flexibility index (Phi) is 6.00. The summed E-state index contributed by atoms with van der Waals surface area (Å²) in [5, 5.41) is 8.82. The van der Waals surface area contributed by atoms with Gasteiger partial charge in [-0.15, -0.1) is 0 Å². The van der Waals surface area contributed by atoms with E-state index in [9.17, 15) is 9.59 Å². The van der Waals surface area contributed by atoms with Crippen molar-refractivity contribution < 1.29 is 14.8 Å². The van der Waals surface area contributed by atoms with Gasteiger partial charge in [-0.2, -0.15) is 13.5 Å². The number of benzene rings is 1. The van der Waals surface area contributed by atoms with Gasteiger partial charge in [0.25, 0.3) is 5.91 Å². The Hall–Kier alpha value is -2.38. The average Bonchev–Trinajstić information content (AvgIpc) is 3.02. The molecule has 2 heterocycles. The zero-order valence-corrected chi connectivity index (χ0v) is 17.7. The summed E-state index contributed by atoms with van der Waals surface area (Å²) in [4.78, 5) is 31.4. The zero-order chi connectivity index (χ0) is 19.9. The van der Waals surface area contributed by atoms with Crippen LogP contribution < -0.4 is 10.4 Å². The van der Waals surface area contributed by atoms with E-state index in [0.29, 0.717) is 24.4 Å². The fourth-order valence-electron chi connectivity index (χ4n) is 4.43. The molecule has 29 heavy (non-hydrogen) atoms. The van der Waals surface area contributed by atoms with E-state index in [1.807, 2.05) is 35.4 Å². The lowest BCUT2D eigenvalue weighted by atomic mass is 9.70. The van der Waals surface area contributed by atoms with Gasteiger partial charge in [0, 0.05) is 17.8 Å². The number of nitrogens with zero attached hydrogens (tertiary/aromatic N) is 2. The predicted octanol–water partition coefficient (Wildman–Crippen LogP) is 3.35. The molecule has 4 rings (SSSR count). The van der Waals surface area contributed by atoms with Crippen molar-refractivity contribution in [2.75, 3.05) is 11.4 Å². The molecular formula is C22H27N3O3S. The van der Waals surface area contributed by atoms with Crippen molar-refractivity contribution in [2.45, 2.75) is 45.4 Å². The monoisotopic (exact) mass is 413 g/mol. The number of fused-ring (bicyclic) bond motifs is 1. The highest BCUT2D eigenvalue weighted by atomic mass is 32.1. The van der Waals surface area contributed by atoms with E-state index in [0.717, 1.165) is 41.8 Å².